The Morgan fingerprint density at radius 1 is 1.26 bits per heavy atom. The van der Waals surface area contributed by atoms with Crippen LogP contribution < -0.4 is 15.1 Å². The van der Waals surface area contributed by atoms with E-state index in [1.165, 1.54) is 11.3 Å². The van der Waals surface area contributed by atoms with Gasteiger partial charge in [0.2, 0.25) is 22.1 Å². The summed E-state index contributed by atoms with van der Waals surface area (Å²) in [6.45, 7) is 3.35. The number of nitrogens with zero attached hydrogens (tertiary/aromatic N) is 4. The molecule has 4 rings (SSSR count). The molecule has 1 unspecified atom stereocenters. The fourth-order valence-corrected chi connectivity index (χ4v) is 4.73. The van der Waals surface area contributed by atoms with Gasteiger partial charge in [-0.25, -0.2) is 0 Å². The van der Waals surface area contributed by atoms with Crippen molar-refractivity contribution >= 4 is 50.7 Å². The Hall–Kier alpha value is -2.19. The highest BCUT2D eigenvalue weighted by Gasteiger charge is 2.34. The van der Waals surface area contributed by atoms with Crippen LogP contribution in [0.5, 0.6) is 0 Å². The number of carbonyl (C=O) groups excluding carboxylic acids is 2. The quantitative estimate of drug-likeness (QED) is 0.844. The molecule has 2 aliphatic heterocycles. The zero-order valence-corrected chi connectivity index (χ0v) is 16.5. The largest absolute Gasteiger partial charge is 0.335 e. The van der Waals surface area contributed by atoms with Crippen LogP contribution in [-0.4, -0.2) is 41.1 Å². The van der Waals surface area contributed by atoms with Gasteiger partial charge in [0.15, 0.2) is 0 Å². The number of nitrogens with one attached hydrogen (secondary N) is 1. The van der Waals surface area contributed by atoms with Gasteiger partial charge in [0.25, 0.3) is 0 Å². The zero-order valence-electron chi connectivity index (χ0n) is 14.9. The van der Waals surface area contributed by atoms with Crippen LogP contribution in [0.3, 0.4) is 0 Å². The molecule has 0 saturated carbocycles. The Kier molecular flexibility index (Phi) is 5.01. The summed E-state index contributed by atoms with van der Waals surface area (Å²) in [5.41, 5.74) is 1.68. The SMILES string of the molecule is Cc1cc(Cl)ccc1NC(=O)C1CCCN1c1nnc(N2CCCC2=O)s1. The molecule has 3 heterocycles. The second kappa shape index (κ2) is 7.44. The molecule has 0 radical (unpaired) electrons. The number of rotatable bonds is 4. The highest BCUT2D eigenvalue weighted by Crippen LogP contribution is 2.34. The summed E-state index contributed by atoms with van der Waals surface area (Å²) in [5.74, 6) is 0.0264. The maximum absolute atomic E-state index is 12.9. The van der Waals surface area contributed by atoms with Gasteiger partial charge in [-0.15, -0.1) is 10.2 Å². The fraction of sp³-hybridized carbons (Fsp3) is 0.444. The lowest BCUT2D eigenvalue weighted by atomic mass is 10.1. The molecule has 142 valence electrons. The van der Waals surface area contributed by atoms with Gasteiger partial charge in [-0.3, -0.25) is 14.5 Å². The third-order valence-electron chi connectivity index (χ3n) is 4.96. The highest BCUT2D eigenvalue weighted by molar-refractivity contribution is 7.19. The van der Waals surface area contributed by atoms with Crippen LogP contribution >= 0.6 is 22.9 Å². The first-order chi connectivity index (χ1) is 13.0. The summed E-state index contributed by atoms with van der Waals surface area (Å²) in [4.78, 5) is 28.4. The van der Waals surface area contributed by atoms with E-state index < -0.39 is 0 Å². The van der Waals surface area contributed by atoms with Crippen LogP contribution in [0.2, 0.25) is 5.02 Å². The zero-order chi connectivity index (χ0) is 19.0. The first-order valence-corrected chi connectivity index (χ1v) is 10.2. The van der Waals surface area contributed by atoms with Crippen molar-refractivity contribution in [3.8, 4) is 0 Å². The van der Waals surface area contributed by atoms with Crippen LogP contribution in [-0.2, 0) is 9.59 Å². The standard InChI is InChI=1S/C18H20ClN5O2S/c1-11-10-12(19)6-7-13(11)20-16(26)14-4-2-8-23(14)17-21-22-18(27-17)24-9-3-5-15(24)25/h6-7,10,14H,2-5,8-9H2,1H3,(H,20,26). The molecule has 2 fully saturated rings. The molecule has 1 aromatic heterocycles. The van der Waals surface area contributed by atoms with Crippen molar-refractivity contribution in [2.75, 3.05) is 28.2 Å². The molecule has 1 N–H and O–H groups in total. The second-order valence-electron chi connectivity index (χ2n) is 6.82. The Morgan fingerprint density at radius 3 is 2.81 bits per heavy atom. The Balaban J connectivity index is 1.49. The molecule has 27 heavy (non-hydrogen) atoms. The predicted molar refractivity (Wildman–Crippen MR) is 107 cm³/mol. The van der Waals surface area contributed by atoms with Gasteiger partial charge in [-0.2, -0.15) is 0 Å². The normalized spacial score (nSPS) is 19.8. The van der Waals surface area contributed by atoms with E-state index in [9.17, 15) is 9.59 Å². The van der Waals surface area contributed by atoms with Crippen LogP contribution in [0, 0.1) is 6.92 Å². The van der Waals surface area contributed by atoms with Crippen LogP contribution in [0.1, 0.15) is 31.2 Å². The average Bonchev–Trinajstić information content (AvgIpc) is 3.36. The van der Waals surface area contributed by atoms with Gasteiger partial charge in [-0.05, 0) is 49.9 Å². The molecule has 2 aliphatic rings. The number of anilines is 3. The summed E-state index contributed by atoms with van der Waals surface area (Å²) in [6.07, 6.45) is 3.08. The molecular weight excluding hydrogens is 386 g/mol. The number of hydrogen-bond donors (Lipinski definition) is 1. The van der Waals surface area contributed by atoms with Gasteiger partial charge in [-0.1, -0.05) is 22.9 Å². The van der Waals surface area contributed by atoms with Crippen molar-refractivity contribution < 1.29 is 9.59 Å². The van der Waals surface area contributed by atoms with E-state index >= 15 is 0 Å². The van der Waals surface area contributed by atoms with Crippen molar-refractivity contribution in [3.63, 3.8) is 0 Å². The lowest BCUT2D eigenvalue weighted by Gasteiger charge is -2.23. The van der Waals surface area contributed by atoms with Gasteiger partial charge in [0, 0.05) is 30.2 Å². The van der Waals surface area contributed by atoms with Gasteiger partial charge >= 0.3 is 0 Å². The predicted octanol–water partition coefficient (Wildman–Crippen LogP) is 3.23. The molecule has 0 spiro atoms. The number of carbonyl (C=O) groups is 2. The molecule has 2 amide bonds. The summed E-state index contributed by atoms with van der Waals surface area (Å²) < 4.78 is 0. The summed E-state index contributed by atoms with van der Waals surface area (Å²) in [7, 11) is 0. The van der Waals surface area contributed by atoms with Crippen molar-refractivity contribution in [1.29, 1.82) is 0 Å². The third kappa shape index (κ3) is 3.64. The summed E-state index contributed by atoms with van der Waals surface area (Å²) >= 11 is 7.36. The van der Waals surface area contributed by atoms with E-state index in [2.05, 4.69) is 15.5 Å². The van der Waals surface area contributed by atoms with Crippen LogP contribution in [0.15, 0.2) is 18.2 Å². The van der Waals surface area contributed by atoms with Gasteiger partial charge < -0.3 is 10.2 Å². The molecule has 2 saturated heterocycles. The molecule has 7 nitrogen and oxygen atoms in total. The number of aromatic nitrogens is 2. The Bertz CT molecular complexity index is 886. The topological polar surface area (TPSA) is 78.4 Å². The first kappa shape index (κ1) is 18.2. The lowest BCUT2D eigenvalue weighted by molar-refractivity contribution is -0.117. The molecule has 2 aromatic rings. The number of benzene rings is 1. The Labute approximate surface area is 166 Å². The average molecular weight is 406 g/mol. The van der Waals surface area contributed by atoms with E-state index in [0.29, 0.717) is 28.3 Å². The van der Waals surface area contributed by atoms with Gasteiger partial charge in [0.1, 0.15) is 6.04 Å². The number of aryl methyl sites for hydroxylation is 1. The van der Waals surface area contributed by atoms with Crippen molar-refractivity contribution in [2.45, 2.75) is 38.6 Å². The lowest BCUT2D eigenvalue weighted by Crippen LogP contribution is -2.39. The molecule has 1 atom stereocenters. The van der Waals surface area contributed by atoms with Crippen molar-refractivity contribution in [3.05, 3.63) is 28.8 Å². The first-order valence-electron chi connectivity index (χ1n) is 9.00. The molecule has 0 bridgehead atoms. The fourth-order valence-electron chi connectivity index (χ4n) is 3.54. The molecule has 9 heteroatoms. The smallest absolute Gasteiger partial charge is 0.247 e. The van der Waals surface area contributed by atoms with Crippen molar-refractivity contribution in [1.82, 2.24) is 10.2 Å². The molecule has 0 aliphatic carbocycles. The van der Waals surface area contributed by atoms with E-state index in [-0.39, 0.29) is 17.9 Å². The van der Waals surface area contributed by atoms with E-state index in [0.717, 1.165) is 37.1 Å². The minimum atomic E-state index is -0.296. The third-order valence-corrected chi connectivity index (χ3v) is 6.17. The number of hydrogen-bond acceptors (Lipinski definition) is 6. The molecular formula is C18H20ClN5O2S. The van der Waals surface area contributed by atoms with Gasteiger partial charge in [0.05, 0.1) is 0 Å². The van der Waals surface area contributed by atoms with E-state index in [4.69, 9.17) is 11.6 Å². The van der Waals surface area contributed by atoms with Crippen LogP contribution in [0.4, 0.5) is 16.0 Å². The number of amides is 2. The van der Waals surface area contributed by atoms with Crippen molar-refractivity contribution in [2.24, 2.45) is 0 Å². The van der Waals surface area contributed by atoms with E-state index in [1.54, 1.807) is 11.0 Å². The monoisotopic (exact) mass is 405 g/mol. The van der Waals surface area contributed by atoms with Crippen LogP contribution in [0.25, 0.3) is 0 Å². The maximum atomic E-state index is 12.9. The van der Waals surface area contributed by atoms with E-state index in [1.807, 2.05) is 24.0 Å². The number of halogens is 1. The Morgan fingerprint density at radius 2 is 2.07 bits per heavy atom. The minimum Gasteiger partial charge on any atom is -0.335 e. The second-order valence-corrected chi connectivity index (χ2v) is 8.19. The summed E-state index contributed by atoms with van der Waals surface area (Å²) in [5, 5.41) is 13.4. The molecule has 1 aromatic carbocycles. The maximum Gasteiger partial charge on any atom is 0.247 e. The summed E-state index contributed by atoms with van der Waals surface area (Å²) in [6, 6.07) is 5.11. The highest BCUT2D eigenvalue weighted by atomic mass is 35.5. The minimum absolute atomic E-state index is 0.0630.